The average Bonchev–Trinajstić information content (AvgIpc) is 3.00. The summed E-state index contributed by atoms with van der Waals surface area (Å²) in [6.07, 6.45) is 9.39. The number of hydrogen-bond donors (Lipinski definition) is 1. The summed E-state index contributed by atoms with van der Waals surface area (Å²) in [5.41, 5.74) is 1.86. The van der Waals surface area contributed by atoms with Crippen molar-refractivity contribution in [1.82, 2.24) is 25.0 Å². The lowest BCUT2D eigenvalue weighted by Gasteiger charge is -2.33. The molecule has 0 spiro atoms. The van der Waals surface area contributed by atoms with Gasteiger partial charge in [0.25, 0.3) is 5.91 Å². The van der Waals surface area contributed by atoms with E-state index in [1.165, 1.54) is 5.56 Å². The van der Waals surface area contributed by atoms with E-state index in [0.29, 0.717) is 5.56 Å². The smallest absolute Gasteiger partial charge is 0.251 e. The molecule has 2 aromatic rings. The van der Waals surface area contributed by atoms with E-state index in [9.17, 15) is 4.79 Å². The molecule has 3 rings (SSSR count). The van der Waals surface area contributed by atoms with Gasteiger partial charge in [-0.2, -0.15) is 5.10 Å². The third-order valence-electron chi connectivity index (χ3n) is 4.19. The molecule has 1 fully saturated rings. The number of aromatic nitrogens is 3. The van der Waals surface area contributed by atoms with Gasteiger partial charge in [-0.3, -0.25) is 19.4 Å². The Morgan fingerprint density at radius 2 is 2.17 bits per heavy atom. The molecule has 6 heteroatoms. The van der Waals surface area contributed by atoms with Gasteiger partial charge in [0, 0.05) is 43.3 Å². The Hall–Kier alpha value is -2.21. The predicted molar refractivity (Wildman–Crippen MR) is 88.1 cm³/mol. The molecule has 0 bridgehead atoms. The van der Waals surface area contributed by atoms with Crippen molar-refractivity contribution in [3.05, 3.63) is 48.0 Å². The van der Waals surface area contributed by atoms with E-state index < -0.39 is 0 Å². The molecule has 1 amide bonds. The first kappa shape index (κ1) is 15.7. The molecule has 1 aliphatic heterocycles. The predicted octanol–water partition coefficient (Wildman–Crippen LogP) is 1.48. The number of nitrogens with one attached hydrogen (secondary N) is 1. The van der Waals surface area contributed by atoms with E-state index in [1.807, 2.05) is 10.9 Å². The summed E-state index contributed by atoms with van der Waals surface area (Å²) in [4.78, 5) is 18.6. The molecular formula is C17H23N5O. The van der Waals surface area contributed by atoms with E-state index in [-0.39, 0.29) is 11.9 Å². The Balaban J connectivity index is 1.49. The molecule has 1 atom stereocenters. The van der Waals surface area contributed by atoms with Crippen LogP contribution in [0.15, 0.2) is 36.9 Å². The average molecular weight is 313 g/mol. The second-order valence-corrected chi connectivity index (χ2v) is 6.13. The summed E-state index contributed by atoms with van der Waals surface area (Å²) in [7, 11) is 0. The van der Waals surface area contributed by atoms with Crippen molar-refractivity contribution < 1.29 is 4.79 Å². The highest BCUT2D eigenvalue weighted by molar-refractivity contribution is 5.94. The minimum absolute atomic E-state index is 0.0121. The molecule has 0 aromatic carbocycles. The number of likely N-dealkylation sites (tertiary alicyclic amines) is 1. The molecule has 6 nitrogen and oxygen atoms in total. The number of rotatable bonds is 5. The van der Waals surface area contributed by atoms with Crippen LogP contribution in [0, 0.1) is 6.92 Å². The number of carbonyl (C=O) groups excluding carboxylic acids is 1. The number of piperidine rings is 1. The zero-order valence-electron chi connectivity index (χ0n) is 13.5. The Morgan fingerprint density at radius 1 is 1.35 bits per heavy atom. The van der Waals surface area contributed by atoms with E-state index in [2.05, 4.69) is 33.4 Å². The first-order chi connectivity index (χ1) is 11.2. The van der Waals surface area contributed by atoms with Gasteiger partial charge in [0.15, 0.2) is 0 Å². The molecule has 122 valence electrons. The van der Waals surface area contributed by atoms with Crippen LogP contribution in [0.3, 0.4) is 0 Å². The standard InChI is InChI=1S/C17H23N5O/c1-14-11-19-22(12-14)10-9-21-8-2-3-16(13-21)20-17(23)15-4-6-18-7-5-15/h4-7,11-12,16H,2-3,8-10,13H2,1H3,(H,20,23). The third kappa shape index (κ3) is 4.39. The van der Waals surface area contributed by atoms with E-state index in [0.717, 1.165) is 39.0 Å². The highest BCUT2D eigenvalue weighted by Crippen LogP contribution is 2.11. The summed E-state index contributed by atoms with van der Waals surface area (Å²) < 4.78 is 1.98. The fraction of sp³-hybridized carbons (Fsp3) is 0.471. The second-order valence-electron chi connectivity index (χ2n) is 6.13. The largest absolute Gasteiger partial charge is 0.348 e. The molecule has 1 N–H and O–H groups in total. The minimum atomic E-state index is -0.0121. The molecule has 0 aliphatic carbocycles. The van der Waals surface area contributed by atoms with Gasteiger partial charge < -0.3 is 5.32 Å². The van der Waals surface area contributed by atoms with Crippen molar-refractivity contribution in [3.63, 3.8) is 0 Å². The van der Waals surface area contributed by atoms with Gasteiger partial charge in [0.1, 0.15) is 0 Å². The molecule has 1 unspecified atom stereocenters. The molecule has 1 aliphatic rings. The van der Waals surface area contributed by atoms with Gasteiger partial charge in [0.2, 0.25) is 0 Å². The van der Waals surface area contributed by atoms with Crippen molar-refractivity contribution in [3.8, 4) is 0 Å². The van der Waals surface area contributed by atoms with Crippen LogP contribution in [-0.2, 0) is 6.54 Å². The number of hydrogen-bond acceptors (Lipinski definition) is 4. The van der Waals surface area contributed by atoms with Crippen LogP contribution in [0.25, 0.3) is 0 Å². The number of pyridine rings is 1. The zero-order chi connectivity index (χ0) is 16.1. The van der Waals surface area contributed by atoms with Gasteiger partial charge in [0.05, 0.1) is 12.7 Å². The molecule has 3 heterocycles. The van der Waals surface area contributed by atoms with E-state index in [1.54, 1.807) is 24.5 Å². The van der Waals surface area contributed by atoms with E-state index in [4.69, 9.17) is 0 Å². The van der Waals surface area contributed by atoms with Gasteiger partial charge in [-0.05, 0) is 44.0 Å². The van der Waals surface area contributed by atoms with Crippen LogP contribution >= 0.6 is 0 Å². The van der Waals surface area contributed by atoms with Crippen molar-refractivity contribution in [1.29, 1.82) is 0 Å². The van der Waals surface area contributed by atoms with Crippen LogP contribution in [-0.4, -0.2) is 51.2 Å². The molecule has 1 saturated heterocycles. The van der Waals surface area contributed by atoms with Gasteiger partial charge in [-0.1, -0.05) is 0 Å². The maximum absolute atomic E-state index is 12.2. The highest BCUT2D eigenvalue weighted by Gasteiger charge is 2.21. The van der Waals surface area contributed by atoms with Gasteiger partial charge in [-0.15, -0.1) is 0 Å². The lowest BCUT2D eigenvalue weighted by atomic mass is 10.1. The van der Waals surface area contributed by atoms with Crippen molar-refractivity contribution in [2.75, 3.05) is 19.6 Å². The van der Waals surface area contributed by atoms with Crippen molar-refractivity contribution >= 4 is 5.91 Å². The molecule has 2 aromatic heterocycles. The minimum Gasteiger partial charge on any atom is -0.348 e. The van der Waals surface area contributed by atoms with Crippen LogP contribution in [0.5, 0.6) is 0 Å². The fourth-order valence-corrected chi connectivity index (χ4v) is 2.98. The zero-order valence-corrected chi connectivity index (χ0v) is 13.5. The summed E-state index contributed by atoms with van der Waals surface area (Å²) >= 11 is 0. The van der Waals surface area contributed by atoms with Gasteiger partial charge >= 0.3 is 0 Å². The molecule has 0 saturated carbocycles. The van der Waals surface area contributed by atoms with Gasteiger partial charge in [-0.25, -0.2) is 0 Å². The first-order valence-corrected chi connectivity index (χ1v) is 8.13. The van der Waals surface area contributed by atoms with Crippen LogP contribution in [0.1, 0.15) is 28.8 Å². The fourth-order valence-electron chi connectivity index (χ4n) is 2.98. The molecular weight excluding hydrogens is 290 g/mol. The third-order valence-corrected chi connectivity index (χ3v) is 4.19. The maximum Gasteiger partial charge on any atom is 0.251 e. The number of aryl methyl sites for hydroxylation is 1. The van der Waals surface area contributed by atoms with Crippen LogP contribution < -0.4 is 5.32 Å². The van der Waals surface area contributed by atoms with Crippen LogP contribution in [0.4, 0.5) is 0 Å². The monoisotopic (exact) mass is 313 g/mol. The number of nitrogens with zero attached hydrogens (tertiary/aromatic N) is 4. The second kappa shape index (κ2) is 7.37. The van der Waals surface area contributed by atoms with Crippen LogP contribution in [0.2, 0.25) is 0 Å². The summed E-state index contributed by atoms with van der Waals surface area (Å²) in [5.74, 6) is -0.0121. The quantitative estimate of drug-likeness (QED) is 0.908. The molecule has 0 radical (unpaired) electrons. The number of amides is 1. The lowest BCUT2D eigenvalue weighted by Crippen LogP contribution is -2.48. The lowest BCUT2D eigenvalue weighted by molar-refractivity contribution is 0.0901. The Bertz CT molecular complexity index is 639. The van der Waals surface area contributed by atoms with Crippen molar-refractivity contribution in [2.45, 2.75) is 32.4 Å². The number of carbonyl (C=O) groups is 1. The Labute approximate surface area is 136 Å². The SMILES string of the molecule is Cc1cnn(CCN2CCCC(NC(=O)c3ccncc3)C2)c1. The topological polar surface area (TPSA) is 63.1 Å². The Kier molecular flexibility index (Phi) is 5.02. The maximum atomic E-state index is 12.2. The normalized spacial score (nSPS) is 18.7. The summed E-state index contributed by atoms with van der Waals surface area (Å²) in [6, 6.07) is 3.70. The van der Waals surface area contributed by atoms with E-state index >= 15 is 0 Å². The summed E-state index contributed by atoms with van der Waals surface area (Å²) in [5, 5.41) is 7.46. The first-order valence-electron chi connectivity index (χ1n) is 8.13. The highest BCUT2D eigenvalue weighted by atomic mass is 16.1. The van der Waals surface area contributed by atoms with Crippen molar-refractivity contribution in [2.24, 2.45) is 0 Å². The Morgan fingerprint density at radius 3 is 2.91 bits per heavy atom. The molecule has 23 heavy (non-hydrogen) atoms. The summed E-state index contributed by atoms with van der Waals surface area (Å²) in [6.45, 7) is 5.88.